The van der Waals surface area contributed by atoms with Crippen LogP contribution in [0.25, 0.3) is 10.9 Å². The Morgan fingerprint density at radius 3 is 2.71 bits per heavy atom. The third-order valence-corrected chi connectivity index (χ3v) is 4.54. The van der Waals surface area contributed by atoms with E-state index in [4.69, 9.17) is 4.98 Å². The van der Waals surface area contributed by atoms with E-state index in [1.54, 1.807) is 0 Å². The minimum atomic E-state index is 0.315. The third-order valence-electron chi connectivity index (χ3n) is 3.90. The summed E-state index contributed by atoms with van der Waals surface area (Å²) in [7, 11) is 0. The molecule has 0 radical (unpaired) electrons. The summed E-state index contributed by atoms with van der Waals surface area (Å²) in [5.74, 6) is 0.708. The van der Waals surface area contributed by atoms with Crippen molar-refractivity contribution in [3.63, 3.8) is 0 Å². The lowest BCUT2D eigenvalue weighted by Crippen LogP contribution is -2.24. The molecule has 0 bridgehead atoms. The molecule has 0 spiro atoms. The van der Waals surface area contributed by atoms with Gasteiger partial charge in [0.1, 0.15) is 0 Å². The summed E-state index contributed by atoms with van der Waals surface area (Å²) >= 11 is 3.71. The monoisotopic (exact) mass is 348 g/mol. The van der Waals surface area contributed by atoms with Gasteiger partial charge in [0.15, 0.2) is 0 Å². The highest BCUT2D eigenvalue weighted by atomic mass is 79.9. The summed E-state index contributed by atoms with van der Waals surface area (Å²) in [4.78, 5) is 4.90. The summed E-state index contributed by atoms with van der Waals surface area (Å²) < 4.78 is 1.11. The third kappa shape index (κ3) is 4.27. The number of pyridine rings is 1. The van der Waals surface area contributed by atoms with Gasteiger partial charge in [-0.3, -0.25) is 0 Å². The average molecular weight is 349 g/mol. The molecule has 0 aliphatic rings. The van der Waals surface area contributed by atoms with Gasteiger partial charge in [-0.15, -0.1) is 0 Å². The first-order chi connectivity index (χ1) is 10.2. The zero-order valence-corrected chi connectivity index (χ0v) is 14.8. The lowest BCUT2D eigenvalue weighted by molar-refractivity contribution is 0.389. The summed E-state index contributed by atoms with van der Waals surface area (Å²) in [5.41, 5.74) is 2.21. The second-order valence-electron chi connectivity index (χ2n) is 5.79. The maximum absolute atomic E-state index is 4.90. The Labute approximate surface area is 136 Å². The molecule has 0 saturated carbocycles. The quantitative estimate of drug-likeness (QED) is 0.716. The van der Waals surface area contributed by atoms with E-state index in [-0.39, 0.29) is 0 Å². The minimum Gasteiger partial charge on any atom is -0.309 e. The first kappa shape index (κ1) is 16.4. The van der Waals surface area contributed by atoms with Crippen LogP contribution in [0.15, 0.2) is 34.8 Å². The molecule has 2 nitrogen and oxygen atoms in total. The van der Waals surface area contributed by atoms with E-state index in [2.05, 4.69) is 72.3 Å². The van der Waals surface area contributed by atoms with Gasteiger partial charge in [-0.25, -0.2) is 4.98 Å². The van der Waals surface area contributed by atoms with E-state index < -0.39 is 0 Å². The summed E-state index contributed by atoms with van der Waals surface area (Å²) in [6.07, 6.45) is 3.64. The lowest BCUT2D eigenvalue weighted by Gasteiger charge is -2.22. The Morgan fingerprint density at radius 1 is 1.24 bits per heavy atom. The van der Waals surface area contributed by atoms with Crippen molar-refractivity contribution in [2.45, 2.75) is 46.1 Å². The topological polar surface area (TPSA) is 24.9 Å². The Morgan fingerprint density at radius 2 is 2.00 bits per heavy atom. The van der Waals surface area contributed by atoms with Crippen LogP contribution in [-0.4, -0.2) is 11.5 Å². The summed E-state index contributed by atoms with van der Waals surface area (Å²) in [6, 6.07) is 10.8. The molecule has 0 amide bonds. The lowest BCUT2D eigenvalue weighted by atomic mass is 9.95. The number of halogens is 1. The predicted octanol–water partition coefficient (Wildman–Crippen LogP) is 5.47. The van der Waals surface area contributed by atoms with Crippen molar-refractivity contribution in [1.29, 1.82) is 0 Å². The van der Waals surface area contributed by atoms with Crippen LogP contribution in [0.1, 0.15) is 51.8 Å². The van der Waals surface area contributed by atoms with E-state index in [1.165, 1.54) is 18.2 Å². The molecule has 1 N–H and O–H groups in total. The van der Waals surface area contributed by atoms with Gasteiger partial charge >= 0.3 is 0 Å². The van der Waals surface area contributed by atoms with Crippen molar-refractivity contribution in [3.8, 4) is 0 Å². The molecule has 0 fully saturated rings. The second kappa shape index (κ2) is 7.90. The average Bonchev–Trinajstić information content (AvgIpc) is 2.46. The SMILES string of the molecule is CCCC(C)CC(NCC)c1nc2ccccc2cc1Br. The molecule has 2 unspecified atom stereocenters. The molecule has 1 aromatic heterocycles. The van der Waals surface area contributed by atoms with Gasteiger partial charge in [-0.05, 0) is 46.9 Å². The zero-order valence-electron chi connectivity index (χ0n) is 13.2. The van der Waals surface area contributed by atoms with E-state index in [0.29, 0.717) is 12.0 Å². The van der Waals surface area contributed by atoms with Gasteiger partial charge in [-0.1, -0.05) is 51.8 Å². The normalized spacial score (nSPS) is 14.3. The number of aromatic nitrogens is 1. The fraction of sp³-hybridized carbons (Fsp3) is 0.500. The van der Waals surface area contributed by atoms with E-state index in [1.807, 2.05) is 0 Å². The number of nitrogens with zero attached hydrogens (tertiary/aromatic N) is 1. The van der Waals surface area contributed by atoms with Crippen molar-refractivity contribution in [3.05, 3.63) is 40.5 Å². The Bertz CT molecular complexity index is 582. The Balaban J connectivity index is 2.32. The van der Waals surface area contributed by atoms with Crippen LogP contribution in [0.4, 0.5) is 0 Å². The number of hydrogen-bond donors (Lipinski definition) is 1. The molecule has 1 heterocycles. The van der Waals surface area contributed by atoms with Crippen LogP contribution >= 0.6 is 15.9 Å². The number of rotatable bonds is 7. The number of fused-ring (bicyclic) bond motifs is 1. The standard InChI is InChI=1S/C18H25BrN2/c1-4-8-13(3)11-17(20-5-2)18-15(19)12-14-9-6-7-10-16(14)21-18/h6-7,9-10,12-13,17,20H,4-5,8,11H2,1-3H3. The number of para-hydroxylation sites is 1. The summed E-state index contributed by atoms with van der Waals surface area (Å²) in [6.45, 7) is 7.71. The second-order valence-corrected chi connectivity index (χ2v) is 6.64. The van der Waals surface area contributed by atoms with Gasteiger partial charge in [0.05, 0.1) is 17.3 Å². The van der Waals surface area contributed by atoms with Gasteiger partial charge in [0, 0.05) is 9.86 Å². The molecule has 1 aromatic carbocycles. The molecule has 0 saturated heterocycles. The molecular formula is C18H25BrN2. The van der Waals surface area contributed by atoms with Crippen molar-refractivity contribution in [2.75, 3.05) is 6.54 Å². The van der Waals surface area contributed by atoms with Crippen LogP contribution in [-0.2, 0) is 0 Å². The van der Waals surface area contributed by atoms with Crippen molar-refractivity contribution in [1.82, 2.24) is 10.3 Å². The Hall–Kier alpha value is -0.930. The molecular weight excluding hydrogens is 324 g/mol. The fourth-order valence-corrected chi connectivity index (χ4v) is 3.51. The number of nitrogens with one attached hydrogen (secondary N) is 1. The van der Waals surface area contributed by atoms with Crippen LogP contribution in [0.3, 0.4) is 0 Å². The first-order valence-corrected chi connectivity index (χ1v) is 8.73. The minimum absolute atomic E-state index is 0.315. The molecule has 2 rings (SSSR count). The largest absolute Gasteiger partial charge is 0.309 e. The molecule has 114 valence electrons. The molecule has 0 aliphatic carbocycles. The van der Waals surface area contributed by atoms with Crippen molar-refractivity contribution in [2.24, 2.45) is 5.92 Å². The Kier molecular flexibility index (Phi) is 6.19. The van der Waals surface area contributed by atoms with Gasteiger partial charge < -0.3 is 5.32 Å². The maximum Gasteiger partial charge on any atom is 0.0722 e. The maximum atomic E-state index is 4.90. The predicted molar refractivity (Wildman–Crippen MR) is 94.5 cm³/mol. The van der Waals surface area contributed by atoms with E-state index in [0.717, 1.165) is 28.6 Å². The highest BCUT2D eigenvalue weighted by Gasteiger charge is 2.18. The van der Waals surface area contributed by atoms with Crippen LogP contribution in [0.5, 0.6) is 0 Å². The van der Waals surface area contributed by atoms with Gasteiger partial charge in [0.25, 0.3) is 0 Å². The molecule has 21 heavy (non-hydrogen) atoms. The number of benzene rings is 1. The summed E-state index contributed by atoms with van der Waals surface area (Å²) in [5, 5.41) is 4.79. The highest BCUT2D eigenvalue weighted by molar-refractivity contribution is 9.10. The smallest absolute Gasteiger partial charge is 0.0722 e. The zero-order chi connectivity index (χ0) is 15.2. The molecule has 0 aliphatic heterocycles. The fourth-order valence-electron chi connectivity index (χ4n) is 2.90. The number of hydrogen-bond acceptors (Lipinski definition) is 2. The van der Waals surface area contributed by atoms with Crippen LogP contribution in [0, 0.1) is 5.92 Å². The van der Waals surface area contributed by atoms with Crippen LogP contribution in [0.2, 0.25) is 0 Å². The van der Waals surface area contributed by atoms with Gasteiger partial charge in [-0.2, -0.15) is 0 Å². The molecule has 2 aromatic rings. The van der Waals surface area contributed by atoms with Gasteiger partial charge in [0.2, 0.25) is 0 Å². The van der Waals surface area contributed by atoms with Crippen molar-refractivity contribution >= 4 is 26.8 Å². The first-order valence-electron chi connectivity index (χ1n) is 7.94. The molecule has 2 atom stereocenters. The molecule has 3 heteroatoms. The van der Waals surface area contributed by atoms with Crippen molar-refractivity contribution < 1.29 is 0 Å². The van der Waals surface area contributed by atoms with E-state index in [9.17, 15) is 0 Å². The van der Waals surface area contributed by atoms with E-state index >= 15 is 0 Å². The van der Waals surface area contributed by atoms with Crippen LogP contribution < -0.4 is 5.32 Å². The highest BCUT2D eigenvalue weighted by Crippen LogP contribution is 2.30.